The third kappa shape index (κ3) is 5.44. The SMILES string of the molecule is CN(C)[C@H]1CCN(Cc2cc(Nc3nc4ncc(Oc5cnn6ccnc(Cl)c56)c(Cl)c4n3C)cc(C(F)(F)F)c2)C1. The molecule has 1 aromatic carbocycles. The molecule has 5 aromatic rings. The number of hydrogen-bond donors (Lipinski definition) is 1. The highest BCUT2D eigenvalue weighted by molar-refractivity contribution is 6.36. The third-order valence-electron chi connectivity index (χ3n) is 7.34. The molecule has 0 unspecified atom stereocenters. The van der Waals surface area contributed by atoms with Gasteiger partial charge in [0.2, 0.25) is 5.95 Å². The summed E-state index contributed by atoms with van der Waals surface area (Å²) in [6.45, 7) is 2.02. The Hall–Kier alpha value is -3.65. The molecule has 1 N–H and O–H groups in total. The first kappa shape index (κ1) is 28.5. The smallest absolute Gasteiger partial charge is 0.416 e. The first-order valence-corrected chi connectivity index (χ1v) is 13.8. The van der Waals surface area contributed by atoms with Gasteiger partial charge in [0.25, 0.3) is 0 Å². The molecule has 5 heterocycles. The lowest BCUT2D eigenvalue weighted by atomic mass is 10.1. The van der Waals surface area contributed by atoms with Gasteiger partial charge in [0.15, 0.2) is 22.3 Å². The van der Waals surface area contributed by atoms with E-state index in [9.17, 15) is 13.2 Å². The zero-order valence-electron chi connectivity index (χ0n) is 22.8. The lowest BCUT2D eigenvalue weighted by Crippen LogP contribution is -2.31. The molecule has 1 aliphatic rings. The lowest BCUT2D eigenvalue weighted by Gasteiger charge is -2.21. The summed E-state index contributed by atoms with van der Waals surface area (Å²) in [6.07, 6.45) is 2.49. The Morgan fingerprint density at radius 1 is 1.10 bits per heavy atom. The van der Waals surface area contributed by atoms with Crippen LogP contribution >= 0.6 is 23.2 Å². The summed E-state index contributed by atoms with van der Waals surface area (Å²) in [5.74, 6) is 0.804. The number of anilines is 2. The van der Waals surface area contributed by atoms with Gasteiger partial charge in [0.1, 0.15) is 16.1 Å². The molecule has 0 spiro atoms. The third-order valence-corrected chi connectivity index (χ3v) is 7.98. The van der Waals surface area contributed by atoms with Gasteiger partial charge >= 0.3 is 6.18 Å². The van der Waals surface area contributed by atoms with Crippen LogP contribution in [0.2, 0.25) is 10.2 Å². The maximum atomic E-state index is 13.9. The van der Waals surface area contributed by atoms with Crippen LogP contribution in [0.3, 0.4) is 0 Å². The summed E-state index contributed by atoms with van der Waals surface area (Å²) in [7, 11) is 5.71. The highest BCUT2D eigenvalue weighted by Crippen LogP contribution is 2.38. The second kappa shape index (κ2) is 10.9. The topological polar surface area (TPSA) is 88.6 Å². The van der Waals surface area contributed by atoms with Crippen LogP contribution in [0, 0.1) is 0 Å². The standard InChI is InChI=1S/C27H26Cl2F3N9O/c1-38(2)18-4-6-40(14-18)13-15-8-16(27(30,31)32)10-17(9-15)36-26-37-25-23(39(26)3)21(28)19(11-34-25)42-20-12-35-41-7-5-33-24(29)22(20)41/h5,7-12,18H,4,6,13-14H2,1-3H3,(H,34,36,37)/t18-/m0/s1. The van der Waals surface area contributed by atoms with Crippen LogP contribution in [0.15, 0.2) is 43.0 Å². The molecule has 15 heteroatoms. The van der Waals surface area contributed by atoms with E-state index in [1.807, 2.05) is 14.1 Å². The molecule has 1 aliphatic heterocycles. The van der Waals surface area contributed by atoms with Crippen LogP contribution < -0.4 is 10.1 Å². The Balaban J connectivity index is 1.30. The normalized spacial score (nSPS) is 16.3. The van der Waals surface area contributed by atoms with Gasteiger partial charge in [-0.05, 0) is 44.3 Å². The molecule has 1 fully saturated rings. The molecule has 0 aliphatic carbocycles. The number of likely N-dealkylation sites (tertiary alicyclic amines) is 1. The van der Waals surface area contributed by atoms with Crippen LogP contribution in [-0.4, -0.2) is 72.2 Å². The number of halogens is 5. The largest absolute Gasteiger partial charge is 0.450 e. The molecule has 0 bridgehead atoms. The first-order chi connectivity index (χ1) is 20.0. The molecule has 1 atom stereocenters. The van der Waals surface area contributed by atoms with E-state index in [2.05, 4.69) is 35.2 Å². The van der Waals surface area contributed by atoms with Gasteiger partial charge in [-0.1, -0.05) is 23.2 Å². The quantitative estimate of drug-likeness (QED) is 0.237. The number of ether oxygens (including phenoxy) is 1. The highest BCUT2D eigenvalue weighted by atomic mass is 35.5. The van der Waals surface area contributed by atoms with Gasteiger partial charge in [0.05, 0.1) is 18.0 Å². The van der Waals surface area contributed by atoms with E-state index in [0.29, 0.717) is 34.9 Å². The Bertz CT molecular complexity index is 1790. The minimum atomic E-state index is -4.51. The number of hydrogen-bond acceptors (Lipinski definition) is 8. The van der Waals surface area contributed by atoms with Crippen molar-refractivity contribution >= 4 is 51.5 Å². The number of alkyl halides is 3. The summed E-state index contributed by atoms with van der Waals surface area (Å²) in [5.41, 5.74) is 1.24. The number of aromatic nitrogens is 6. The number of imidazole rings is 1. The van der Waals surface area contributed by atoms with Gasteiger partial charge in [0, 0.05) is 50.8 Å². The molecule has 1 saturated heterocycles. The van der Waals surface area contributed by atoms with Crippen molar-refractivity contribution in [2.75, 3.05) is 32.5 Å². The second-order valence-corrected chi connectivity index (χ2v) is 11.1. The Morgan fingerprint density at radius 3 is 2.64 bits per heavy atom. The summed E-state index contributed by atoms with van der Waals surface area (Å²) in [5, 5.41) is 7.64. The lowest BCUT2D eigenvalue weighted by molar-refractivity contribution is -0.137. The number of pyridine rings is 1. The van der Waals surface area contributed by atoms with E-state index in [4.69, 9.17) is 27.9 Å². The second-order valence-electron chi connectivity index (χ2n) is 10.4. The van der Waals surface area contributed by atoms with Crippen molar-refractivity contribution in [3.05, 3.63) is 64.3 Å². The van der Waals surface area contributed by atoms with E-state index in [1.165, 1.54) is 29.2 Å². The van der Waals surface area contributed by atoms with E-state index >= 15 is 0 Å². The Labute approximate surface area is 248 Å². The van der Waals surface area contributed by atoms with E-state index in [-0.39, 0.29) is 33.2 Å². The summed E-state index contributed by atoms with van der Waals surface area (Å²) in [4.78, 5) is 17.2. The van der Waals surface area contributed by atoms with Crippen molar-refractivity contribution in [1.29, 1.82) is 0 Å². The molecule has 0 saturated carbocycles. The zero-order chi connectivity index (χ0) is 29.8. The molecule has 6 rings (SSSR count). The average molecular weight is 620 g/mol. The number of likely N-dealkylation sites (N-methyl/N-ethyl adjacent to an activating group) is 1. The molecular formula is C27H26Cl2F3N9O. The van der Waals surface area contributed by atoms with Gasteiger partial charge in [-0.15, -0.1) is 0 Å². The zero-order valence-corrected chi connectivity index (χ0v) is 24.3. The number of nitrogens with one attached hydrogen (secondary N) is 1. The van der Waals surface area contributed by atoms with E-state index < -0.39 is 11.7 Å². The summed E-state index contributed by atoms with van der Waals surface area (Å²) in [6, 6.07) is 4.36. The number of benzene rings is 1. The van der Waals surface area contributed by atoms with Crippen molar-refractivity contribution in [2.24, 2.45) is 7.05 Å². The van der Waals surface area contributed by atoms with Gasteiger partial charge < -0.3 is 19.5 Å². The van der Waals surface area contributed by atoms with Crippen molar-refractivity contribution in [3.8, 4) is 11.5 Å². The van der Waals surface area contributed by atoms with E-state index in [1.54, 1.807) is 23.9 Å². The molecule has 42 heavy (non-hydrogen) atoms. The predicted molar refractivity (Wildman–Crippen MR) is 154 cm³/mol. The van der Waals surface area contributed by atoms with Gasteiger partial charge in [-0.3, -0.25) is 4.90 Å². The fraction of sp³-hybridized carbons (Fsp3) is 0.333. The highest BCUT2D eigenvalue weighted by Gasteiger charge is 2.32. The van der Waals surface area contributed by atoms with Crippen LogP contribution in [0.5, 0.6) is 11.5 Å². The van der Waals surface area contributed by atoms with Crippen LogP contribution in [0.25, 0.3) is 16.7 Å². The fourth-order valence-electron chi connectivity index (χ4n) is 5.15. The van der Waals surface area contributed by atoms with Crippen molar-refractivity contribution in [3.63, 3.8) is 0 Å². The summed E-state index contributed by atoms with van der Waals surface area (Å²) < 4.78 is 50.7. The minimum absolute atomic E-state index is 0.199. The molecule has 0 amide bonds. The first-order valence-electron chi connectivity index (χ1n) is 13.0. The van der Waals surface area contributed by atoms with E-state index in [0.717, 1.165) is 25.6 Å². The number of fused-ring (bicyclic) bond motifs is 2. The molecule has 10 nitrogen and oxygen atoms in total. The van der Waals surface area contributed by atoms with Crippen molar-refractivity contribution < 1.29 is 17.9 Å². The Kier molecular flexibility index (Phi) is 7.37. The average Bonchev–Trinajstić information content (AvgIpc) is 3.64. The Morgan fingerprint density at radius 2 is 1.90 bits per heavy atom. The van der Waals surface area contributed by atoms with Crippen LogP contribution in [0.4, 0.5) is 24.8 Å². The minimum Gasteiger partial charge on any atom is -0.450 e. The monoisotopic (exact) mass is 619 g/mol. The predicted octanol–water partition coefficient (Wildman–Crippen LogP) is 6.01. The van der Waals surface area contributed by atoms with Crippen LogP contribution in [0.1, 0.15) is 17.5 Å². The number of aryl methyl sites for hydroxylation is 1. The maximum absolute atomic E-state index is 13.9. The van der Waals surface area contributed by atoms with Gasteiger partial charge in [-0.2, -0.15) is 23.3 Å². The van der Waals surface area contributed by atoms with Crippen LogP contribution in [-0.2, 0) is 19.8 Å². The number of nitrogens with zero attached hydrogens (tertiary/aromatic N) is 8. The molecule has 4 aromatic heterocycles. The molecule has 220 valence electrons. The maximum Gasteiger partial charge on any atom is 0.416 e. The molecule has 0 radical (unpaired) electrons. The van der Waals surface area contributed by atoms with Crippen molar-refractivity contribution in [2.45, 2.75) is 25.2 Å². The van der Waals surface area contributed by atoms with Crippen molar-refractivity contribution in [1.82, 2.24) is 38.9 Å². The number of rotatable bonds is 7. The molecular weight excluding hydrogens is 594 g/mol. The summed E-state index contributed by atoms with van der Waals surface area (Å²) >= 11 is 13.0. The van der Waals surface area contributed by atoms with Gasteiger partial charge in [-0.25, -0.2) is 14.5 Å². The fourth-order valence-corrected chi connectivity index (χ4v) is 5.69.